The van der Waals surface area contributed by atoms with Crippen molar-refractivity contribution >= 4 is 41.5 Å². The van der Waals surface area contributed by atoms with Crippen LogP contribution in [-0.2, 0) is 13.0 Å². The summed E-state index contributed by atoms with van der Waals surface area (Å²) in [6.07, 6.45) is 2.64. The number of pyridine rings is 2. The first-order valence-electron chi connectivity index (χ1n) is 7.15. The third-order valence-corrected chi connectivity index (χ3v) is 3.32. The minimum Gasteiger partial charge on any atom is -0.356 e. The number of aliphatic imine (C=N–C) groups is 1. The van der Waals surface area contributed by atoms with Gasteiger partial charge in [0.15, 0.2) is 5.96 Å². The number of aryl methyl sites for hydroxylation is 1. The maximum absolute atomic E-state index is 5.77. The van der Waals surface area contributed by atoms with E-state index < -0.39 is 0 Å². The molecule has 0 fully saturated rings. The van der Waals surface area contributed by atoms with Crippen molar-refractivity contribution in [1.29, 1.82) is 0 Å². The largest absolute Gasteiger partial charge is 0.356 e. The van der Waals surface area contributed by atoms with E-state index in [1.165, 1.54) is 0 Å². The average Bonchev–Trinajstić information content (AvgIpc) is 2.52. The lowest BCUT2D eigenvalue weighted by Crippen LogP contribution is -2.38. The lowest BCUT2D eigenvalue weighted by molar-refractivity contribution is 0.780. The molecular weight excluding hydrogens is 425 g/mol. The zero-order chi connectivity index (χ0) is 15.8. The molecular formula is C16H21ClIN5. The third kappa shape index (κ3) is 7.13. The van der Waals surface area contributed by atoms with Crippen LogP contribution in [0.4, 0.5) is 0 Å². The fraction of sp³-hybridized carbons (Fsp3) is 0.312. The SMILES string of the molecule is CN=C(NCCc1ccc(Cl)nc1)NCc1cccc(C)n1.I. The smallest absolute Gasteiger partial charge is 0.191 e. The molecule has 2 N–H and O–H groups in total. The second-order valence-electron chi connectivity index (χ2n) is 4.86. The van der Waals surface area contributed by atoms with Gasteiger partial charge in [-0.05, 0) is 37.1 Å². The number of hydrogen-bond donors (Lipinski definition) is 2. The van der Waals surface area contributed by atoms with Crippen LogP contribution in [0.2, 0.25) is 5.15 Å². The van der Waals surface area contributed by atoms with Crippen molar-refractivity contribution < 1.29 is 0 Å². The van der Waals surface area contributed by atoms with Gasteiger partial charge in [0.05, 0.1) is 12.2 Å². The molecule has 0 saturated heterocycles. The minimum absolute atomic E-state index is 0. The summed E-state index contributed by atoms with van der Waals surface area (Å²) in [6.45, 7) is 3.39. The molecule has 23 heavy (non-hydrogen) atoms. The van der Waals surface area contributed by atoms with Gasteiger partial charge in [-0.2, -0.15) is 0 Å². The molecule has 0 unspecified atom stereocenters. The Balaban J connectivity index is 0.00000264. The number of aromatic nitrogens is 2. The molecule has 2 heterocycles. The van der Waals surface area contributed by atoms with Gasteiger partial charge in [-0.15, -0.1) is 24.0 Å². The number of nitrogens with one attached hydrogen (secondary N) is 2. The molecule has 0 atom stereocenters. The summed E-state index contributed by atoms with van der Waals surface area (Å²) in [5.74, 6) is 0.755. The standard InChI is InChI=1S/C16H20ClN5.HI/c1-12-4-3-5-14(22-12)11-21-16(18-2)19-9-8-13-6-7-15(17)20-10-13;/h3-7,10H,8-9,11H2,1-2H3,(H2,18,19,21);1H. The van der Waals surface area contributed by atoms with Crippen molar-refractivity contribution in [3.8, 4) is 0 Å². The van der Waals surface area contributed by atoms with Gasteiger partial charge in [-0.3, -0.25) is 9.98 Å². The maximum atomic E-state index is 5.77. The number of guanidine groups is 1. The highest BCUT2D eigenvalue weighted by Gasteiger charge is 2.00. The molecule has 5 nitrogen and oxygen atoms in total. The molecule has 0 bridgehead atoms. The fourth-order valence-electron chi connectivity index (χ4n) is 1.97. The highest BCUT2D eigenvalue weighted by Crippen LogP contribution is 2.05. The average molecular weight is 446 g/mol. The summed E-state index contributed by atoms with van der Waals surface area (Å²) in [6, 6.07) is 9.75. The van der Waals surface area contributed by atoms with Gasteiger partial charge in [0.1, 0.15) is 5.15 Å². The lowest BCUT2D eigenvalue weighted by Gasteiger charge is -2.11. The number of hydrogen-bond acceptors (Lipinski definition) is 3. The molecule has 0 aromatic carbocycles. The van der Waals surface area contributed by atoms with Crippen LogP contribution in [0.3, 0.4) is 0 Å². The molecule has 7 heteroatoms. The Kier molecular flexibility index (Phi) is 8.86. The molecule has 0 saturated carbocycles. The van der Waals surface area contributed by atoms with Crippen molar-refractivity contribution in [3.05, 3.63) is 58.6 Å². The molecule has 2 aromatic heterocycles. The van der Waals surface area contributed by atoms with E-state index in [0.717, 1.165) is 35.9 Å². The molecule has 0 spiro atoms. The van der Waals surface area contributed by atoms with Crippen LogP contribution >= 0.6 is 35.6 Å². The summed E-state index contributed by atoms with van der Waals surface area (Å²) in [4.78, 5) is 12.7. The van der Waals surface area contributed by atoms with Gasteiger partial charge >= 0.3 is 0 Å². The van der Waals surface area contributed by atoms with Gasteiger partial charge < -0.3 is 10.6 Å². The second-order valence-corrected chi connectivity index (χ2v) is 5.25. The summed E-state index contributed by atoms with van der Waals surface area (Å²) >= 11 is 5.77. The first kappa shape index (κ1) is 19.6. The number of nitrogens with zero attached hydrogens (tertiary/aromatic N) is 3. The Bertz CT molecular complexity index is 631. The van der Waals surface area contributed by atoms with Crippen molar-refractivity contribution in [2.45, 2.75) is 19.9 Å². The van der Waals surface area contributed by atoms with Crippen LogP contribution in [-0.4, -0.2) is 29.5 Å². The maximum Gasteiger partial charge on any atom is 0.191 e. The Labute approximate surface area is 159 Å². The van der Waals surface area contributed by atoms with Gasteiger partial charge in [0, 0.05) is 25.5 Å². The van der Waals surface area contributed by atoms with Crippen LogP contribution in [0.25, 0.3) is 0 Å². The third-order valence-electron chi connectivity index (χ3n) is 3.10. The molecule has 124 valence electrons. The van der Waals surface area contributed by atoms with Gasteiger partial charge in [0.25, 0.3) is 0 Å². The van der Waals surface area contributed by atoms with Crippen molar-refractivity contribution in [2.24, 2.45) is 4.99 Å². The predicted molar refractivity (Wildman–Crippen MR) is 106 cm³/mol. The van der Waals surface area contributed by atoms with Crippen molar-refractivity contribution in [3.63, 3.8) is 0 Å². The first-order valence-corrected chi connectivity index (χ1v) is 7.52. The molecule has 2 aromatic rings. The van der Waals surface area contributed by atoms with E-state index in [-0.39, 0.29) is 24.0 Å². The minimum atomic E-state index is 0. The molecule has 2 rings (SSSR count). The van der Waals surface area contributed by atoms with E-state index in [1.54, 1.807) is 19.3 Å². The zero-order valence-electron chi connectivity index (χ0n) is 13.2. The first-order chi connectivity index (χ1) is 10.7. The zero-order valence-corrected chi connectivity index (χ0v) is 16.3. The van der Waals surface area contributed by atoms with E-state index in [1.807, 2.05) is 31.2 Å². The van der Waals surface area contributed by atoms with Crippen LogP contribution in [0.5, 0.6) is 0 Å². The monoisotopic (exact) mass is 445 g/mol. The highest BCUT2D eigenvalue weighted by atomic mass is 127. The topological polar surface area (TPSA) is 62.2 Å². The van der Waals surface area contributed by atoms with Crippen LogP contribution < -0.4 is 10.6 Å². The van der Waals surface area contributed by atoms with E-state index in [2.05, 4.69) is 25.6 Å². The normalized spacial score (nSPS) is 10.8. The van der Waals surface area contributed by atoms with Crippen LogP contribution in [0.1, 0.15) is 17.0 Å². The van der Waals surface area contributed by atoms with E-state index in [9.17, 15) is 0 Å². The molecule has 0 radical (unpaired) electrons. The second kappa shape index (κ2) is 10.4. The molecule has 0 amide bonds. The summed E-state index contributed by atoms with van der Waals surface area (Å²) < 4.78 is 0. The Hall–Kier alpha value is -1.41. The molecule has 0 aliphatic rings. The van der Waals surface area contributed by atoms with Crippen molar-refractivity contribution in [2.75, 3.05) is 13.6 Å². The lowest BCUT2D eigenvalue weighted by atomic mass is 10.2. The number of halogens is 2. The Morgan fingerprint density at radius 2 is 2.04 bits per heavy atom. The Morgan fingerprint density at radius 1 is 1.22 bits per heavy atom. The molecule has 0 aliphatic heterocycles. The van der Waals surface area contributed by atoms with Gasteiger partial charge in [-0.1, -0.05) is 23.7 Å². The predicted octanol–water partition coefficient (Wildman–Crippen LogP) is 2.96. The van der Waals surface area contributed by atoms with Gasteiger partial charge in [0.2, 0.25) is 0 Å². The van der Waals surface area contributed by atoms with E-state index in [4.69, 9.17) is 11.6 Å². The Morgan fingerprint density at radius 3 is 2.70 bits per heavy atom. The molecule has 0 aliphatic carbocycles. The van der Waals surface area contributed by atoms with Crippen LogP contribution in [0.15, 0.2) is 41.5 Å². The summed E-state index contributed by atoms with van der Waals surface area (Å²) in [5.41, 5.74) is 3.13. The number of rotatable bonds is 5. The van der Waals surface area contributed by atoms with Crippen molar-refractivity contribution in [1.82, 2.24) is 20.6 Å². The summed E-state index contributed by atoms with van der Waals surface area (Å²) in [7, 11) is 1.75. The highest BCUT2D eigenvalue weighted by molar-refractivity contribution is 14.0. The van der Waals surface area contributed by atoms with E-state index >= 15 is 0 Å². The van der Waals surface area contributed by atoms with Crippen LogP contribution in [0, 0.1) is 6.92 Å². The van der Waals surface area contributed by atoms with E-state index in [0.29, 0.717) is 11.7 Å². The quantitative estimate of drug-likeness (QED) is 0.321. The van der Waals surface area contributed by atoms with Gasteiger partial charge in [-0.25, -0.2) is 4.98 Å². The summed E-state index contributed by atoms with van der Waals surface area (Å²) in [5, 5.41) is 7.03. The fourth-order valence-corrected chi connectivity index (χ4v) is 2.08.